The number of halogens is 3. The number of nitrogens with one attached hydrogen (secondary N) is 1. The molecule has 0 spiro atoms. The number of thioether (sulfide) groups is 1. The van der Waals surface area contributed by atoms with Gasteiger partial charge in [-0.1, -0.05) is 6.07 Å². The summed E-state index contributed by atoms with van der Waals surface area (Å²) in [6.45, 7) is 3.58. The molecular formula is C15H18F3NO3S. The molecule has 0 aromatic heterocycles. The van der Waals surface area contributed by atoms with Gasteiger partial charge in [-0.2, -0.15) is 13.2 Å². The Kier molecular flexibility index (Phi) is 7.41. The van der Waals surface area contributed by atoms with E-state index >= 15 is 0 Å². The highest BCUT2D eigenvalue weighted by Gasteiger charge is 2.30. The van der Waals surface area contributed by atoms with E-state index in [0.717, 1.165) is 23.9 Å². The van der Waals surface area contributed by atoms with Crippen molar-refractivity contribution in [1.82, 2.24) is 5.32 Å². The normalized spacial score (nSPS) is 11.4. The van der Waals surface area contributed by atoms with Crippen molar-refractivity contribution in [3.05, 3.63) is 29.8 Å². The number of carbonyl (C=O) groups is 2. The van der Waals surface area contributed by atoms with Crippen molar-refractivity contribution in [3.8, 4) is 0 Å². The number of ether oxygens (including phenoxy) is 1. The molecule has 0 radical (unpaired) electrons. The van der Waals surface area contributed by atoms with Crippen LogP contribution in [-0.4, -0.2) is 30.3 Å². The summed E-state index contributed by atoms with van der Waals surface area (Å²) in [7, 11) is 0. The average Bonchev–Trinajstić information content (AvgIpc) is 2.43. The van der Waals surface area contributed by atoms with Crippen LogP contribution >= 0.6 is 11.8 Å². The van der Waals surface area contributed by atoms with Gasteiger partial charge < -0.3 is 10.1 Å². The van der Waals surface area contributed by atoms with Crippen molar-refractivity contribution < 1.29 is 27.5 Å². The third-order valence-corrected chi connectivity index (χ3v) is 3.54. The first kappa shape index (κ1) is 19.3. The quantitative estimate of drug-likeness (QED) is 0.606. The monoisotopic (exact) mass is 349 g/mol. The number of esters is 1. The van der Waals surface area contributed by atoms with Crippen LogP contribution in [0.3, 0.4) is 0 Å². The highest BCUT2D eigenvalue weighted by atomic mass is 32.2. The van der Waals surface area contributed by atoms with E-state index in [0.29, 0.717) is 4.90 Å². The molecule has 0 atom stereocenters. The van der Waals surface area contributed by atoms with Gasteiger partial charge in [0, 0.05) is 11.4 Å². The Hall–Kier alpha value is -1.70. The summed E-state index contributed by atoms with van der Waals surface area (Å²) in [4.78, 5) is 23.2. The Morgan fingerprint density at radius 3 is 2.61 bits per heavy atom. The molecule has 1 aromatic rings. The molecule has 0 fully saturated rings. The molecule has 0 aliphatic heterocycles. The predicted octanol–water partition coefficient (Wildman–Crippen LogP) is 3.26. The number of amides is 1. The minimum absolute atomic E-state index is 0.0272. The lowest BCUT2D eigenvalue weighted by atomic mass is 10.2. The summed E-state index contributed by atoms with van der Waals surface area (Å²) in [5.74, 6) is -0.795. The second-order valence-electron chi connectivity index (χ2n) is 4.95. The molecule has 0 bridgehead atoms. The molecule has 128 valence electrons. The summed E-state index contributed by atoms with van der Waals surface area (Å²) >= 11 is 1.00. The maximum atomic E-state index is 12.6. The Labute approximate surface area is 136 Å². The van der Waals surface area contributed by atoms with Gasteiger partial charge in [-0.3, -0.25) is 9.59 Å². The fourth-order valence-electron chi connectivity index (χ4n) is 1.59. The molecule has 1 aromatic carbocycles. The summed E-state index contributed by atoms with van der Waals surface area (Å²) in [5, 5.41) is 2.52. The molecule has 23 heavy (non-hydrogen) atoms. The number of carbonyl (C=O) groups excluding carboxylic acids is 2. The van der Waals surface area contributed by atoms with E-state index in [1.165, 1.54) is 12.1 Å². The van der Waals surface area contributed by atoms with Gasteiger partial charge in [0.15, 0.2) is 0 Å². The molecule has 1 amide bonds. The van der Waals surface area contributed by atoms with Crippen LogP contribution in [0.1, 0.15) is 25.8 Å². The minimum atomic E-state index is -4.41. The summed E-state index contributed by atoms with van der Waals surface area (Å²) in [5.41, 5.74) is -0.751. The van der Waals surface area contributed by atoms with Crippen molar-refractivity contribution >= 4 is 23.6 Å². The standard InChI is InChI=1S/C15H18F3NO3S/c1-10(2)22-14(21)6-7-19-13(20)9-23-12-5-3-4-11(8-12)15(16,17)18/h3-5,8,10H,6-7,9H2,1-2H3,(H,19,20). The first-order valence-electron chi connectivity index (χ1n) is 6.94. The highest BCUT2D eigenvalue weighted by Crippen LogP contribution is 2.31. The van der Waals surface area contributed by atoms with Gasteiger partial charge >= 0.3 is 12.1 Å². The van der Waals surface area contributed by atoms with E-state index in [4.69, 9.17) is 4.74 Å². The number of hydrogen-bond donors (Lipinski definition) is 1. The molecule has 0 saturated heterocycles. The van der Waals surface area contributed by atoms with Crippen LogP contribution in [0.4, 0.5) is 13.2 Å². The third-order valence-electron chi connectivity index (χ3n) is 2.55. The molecule has 0 unspecified atom stereocenters. The van der Waals surface area contributed by atoms with Crippen LogP contribution in [0, 0.1) is 0 Å². The van der Waals surface area contributed by atoms with Crippen LogP contribution in [0.25, 0.3) is 0 Å². The molecule has 0 aliphatic carbocycles. The molecule has 1 N–H and O–H groups in total. The van der Waals surface area contributed by atoms with Gasteiger partial charge in [-0.05, 0) is 32.0 Å². The smallest absolute Gasteiger partial charge is 0.416 e. The highest BCUT2D eigenvalue weighted by molar-refractivity contribution is 8.00. The summed E-state index contributed by atoms with van der Waals surface area (Å²) in [6.07, 6.45) is -4.57. The summed E-state index contributed by atoms with van der Waals surface area (Å²) < 4.78 is 42.6. The SMILES string of the molecule is CC(C)OC(=O)CCNC(=O)CSc1cccc(C(F)(F)F)c1. The predicted molar refractivity (Wildman–Crippen MR) is 81.0 cm³/mol. The number of hydrogen-bond acceptors (Lipinski definition) is 4. The van der Waals surface area contributed by atoms with E-state index in [-0.39, 0.29) is 30.7 Å². The second kappa shape index (κ2) is 8.81. The number of rotatable bonds is 7. The first-order chi connectivity index (χ1) is 10.7. The van der Waals surface area contributed by atoms with Crippen LogP contribution in [0.2, 0.25) is 0 Å². The zero-order chi connectivity index (χ0) is 17.5. The van der Waals surface area contributed by atoms with Crippen molar-refractivity contribution in [1.29, 1.82) is 0 Å². The lowest BCUT2D eigenvalue weighted by Gasteiger charge is -2.09. The Balaban J connectivity index is 2.35. The number of benzene rings is 1. The van der Waals surface area contributed by atoms with Gasteiger partial charge in [0.05, 0.1) is 23.8 Å². The van der Waals surface area contributed by atoms with Gasteiger partial charge in [0.1, 0.15) is 0 Å². The van der Waals surface area contributed by atoms with Gasteiger partial charge in [0.2, 0.25) is 5.91 Å². The Morgan fingerprint density at radius 1 is 1.30 bits per heavy atom. The number of alkyl halides is 3. The summed E-state index contributed by atoms with van der Waals surface area (Å²) in [6, 6.07) is 4.78. The van der Waals surface area contributed by atoms with E-state index in [1.807, 2.05) is 0 Å². The molecule has 8 heteroatoms. The van der Waals surface area contributed by atoms with Crippen LogP contribution in [0.15, 0.2) is 29.2 Å². The van der Waals surface area contributed by atoms with E-state index in [9.17, 15) is 22.8 Å². The molecule has 0 heterocycles. The topological polar surface area (TPSA) is 55.4 Å². The third kappa shape index (κ3) is 7.92. The molecule has 4 nitrogen and oxygen atoms in total. The molecule has 0 saturated carbocycles. The van der Waals surface area contributed by atoms with Crippen molar-refractivity contribution in [2.24, 2.45) is 0 Å². The fraction of sp³-hybridized carbons (Fsp3) is 0.467. The maximum absolute atomic E-state index is 12.6. The van der Waals surface area contributed by atoms with Crippen molar-refractivity contribution in [2.75, 3.05) is 12.3 Å². The largest absolute Gasteiger partial charge is 0.463 e. The average molecular weight is 349 g/mol. The molecular weight excluding hydrogens is 331 g/mol. The molecule has 1 rings (SSSR count). The van der Waals surface area contributed by atoms with Gasteiger partial charge in [-0.15, -0.1) is 11.8 Å². The fourth-order valence-corrected chi connectivity index (χ4v) is 2.37. The van der Waals surface area contributed by atoms with Gasteiger partial charge in [-0.25, -0.2) is 0 Å². The lowest BCUT2D eigenvalue weighted by Crippen LogP contribution is -2.28. The van der Waals surface area contributed by atoms with Gasteiger partial charge in [0.25, 0.3) is 0 Å². The Bertz CT molecular complexity index is 547. The van der Waals surface area contributed by atoms with E-state index < -0.39 is 17.7 Å². The maximum Gasteiger partial charge on any atom is 0.416 e. The minimum Gasteiger partial charge on any atom is -0.463 e. The zero-order valence-electron chi connectivity index (χ0n) is 12.8. The van der Waals surface area contributed by atoms with Crippen molar-refractivity contribution in [3.63, 3.8) is 0 Å². The van der Waals surface area contributed by atoms with E-state index in [1.54, 1.807) is 13.8 Å². The van der Waals surface area contributed by atoms with Crippen LogP contribution in [-0.2, 0) is 20.5 Å². The first-order valence-corrected chi connectivity index (χ1v) is 7.93. The lowest BCUT2D eigenvalue weighted by molar-refractivity contribution is -0.147. The van der Waals surface area contributed by atoms with E-state index in [2.05, 4.69) is 5.32 Å². The second-order valence-corrected chi connectivity index (χ2v) is 6.00. The molecule has 0 aliphatic rings. The zero-order valence-corrected chi connectivity index (χ0v) is 13.6. The van der Waals surface area contributed by atoms with Crippen molar-refractivity contribution in [2.45, 2.75) is 37.4 Å². The van der Waals surface area contributed by atoms with Crippen LogP contribution in [0.5, 0.6) is 0 Å². The van der Waals surface area contributed by atoms with Crippen LogP contribution < -0.4 is 5.32 Å². The Morgan fingerprint density at radius 2 is 2.00 bits per heavy atom.